The summed E-state index contributed by atoms with van der Waals surface area (Å²) in [5.41, 5.74) is 3.67. The van der Waals surface area contributed by atoms with Gasteiger partial charge in [-0.1, -0.05) is 30.3 Å². The summed E-state index contributed by atoms with van der Waals surface area (Å²) in [6, 6.07) is 14.6. The lowest BCUT2D eigenvalue weighted by Crippen LogP contribution is -2.27. The molecule has 4 rings (SSSR count). The lowest BCUT2D eigenvalue weighted by atomic mass is 9.92. The second kappa shape index (κ2) is 7.72. The van der Waals surface area contributed by atoms with E-state index in [4.69, 9.17) is 5.41 Å². The van der Waals surface area contributed by atoms with Gasteiger partial charge in [-0.2, -0.15) is 5.10 Å². The third-order valence-corrected chi connectivity index (χ3v) is 5.11. The van der Waals surface area contributed by atoms with Gasteiger partial charge in [-0.15, -0.1) is 0 Å². The van der Waals surface area contributed by atoms with Gasteiger partial charge in [0.05, 0.1) is 16.9 Å². The van der Waals surface area contributed by atoms with Crippen LogP contribution in [0, 0.1) is 5.41 Å². The highest BCUT2D eigenvalue weighted by Crippen LogP contribution is 2.31. The van der Waals surface area contributed by atoms with Crippen LogP contribution in [0.4, 0.5) is 23.1 Å². The number of aromatic nitrogens is 3. The standard InChI is InChI=1S/C21H25N7/c1-23-21-16(13-22)18(24-15-9-6-10-15)11-19(26-21)25-20-12-17(27-28(20)2)14-7-4-3-5-8-14/h3-5,7-8,11-13,15,22H,6,9-10H2,1-2H3,(H3,23,24,25,26). The Hall–Kier alpha value is -3.35. The van der Waals surface area contributed by atoms with Gasteiger partial charge in [0, 0.05) is 44.0 Å². The van der Waals surface area contributed by atoms with Crippen LogP contribution >= 0.6 is 0 Å². The molecule has 1 fully saturated rings. The van der Waals surface area contributed by atoms with Gasteiger partial charge in [-0.3, -0.25) is 4.68 Å². The Morgan fingerprint density at radius 3 is 2.61 bits per heavy atom. The highest BCUT2D eigenvalue weighted by molar-refractivity contribution is 5.93. The lowest BCUT2D eigenvalue weighted by molar-refractivity contribution is 0.445. The molecule has 144 valence electrons. The first-order valence-corrected chi connectivity index (χ1v) is 9.54. The molecule has 2 heterocycles. The Balaban J connectivity index is 1.65. The lowest BCUT2D eigenvalue weighted by Gasteiger charge is -2.28. The number of hydrogen-bond donors (Lipinski definition) is 4. The van der Waals surface area contributed by atoms with Gasteiger partial charge >= 0.3 is 0 Å². The van der Waals surface area contributed by atoms with Crippen molar-refractivity contribution in [1.29, 1.82) is 5.41 Å². The SMILES string of the molecule is CNc1nc(Nc2cc(-c3ccccc3)nn2C)cc(NC2CCC2)c1C=N. The van der Waals surface area contributed by atoms with Gasteiger partial charge in [0.1, 0.15) is 17.5 Å². The maximum Gasteiger partial charge on any atom is 0.139 e. The molecule has 0 bridgehead atoms. The summed E-state index contributed by atoms with van der Waals surface area (Å²) in [6.45, 7) is 0. The number of nitrogens with one attached hydrogen (secondary N) is 4. The van der Waals surface area contributed by atoms with E-state index >= 15 is 0 Å². The molecule has 1 aliphatic carbocycles. The molecule has 0 aliphatic heterocycles. The monoisotopic (exact) mass is 375 g/mol. The molecular weight excluding hydrogens is 350 g/mol. The number of anilines is 4. The van der Waals surface area contributed by atoms with E-state index in [9.17, 15) is 0 Å². The highest BCUT2D eigenvalue weighted by atomic mass is 15.3. The molecule has 0 atom stereocenters. The van der Waals surface area contributed by atoms with Crippen molar-refractivity contribution in [1.82, 2.24) is 14.8 Å². The van der Waals surface area contributed by atoms with Crippen LogP contribution in [-0.2, 0) is 7.05 Å². The average molecular weight is 375 g/mol. The molecule has 0 unspecified atom stereocenters. The summed E-state index contributed by atoms with van der Waals surface area (Å²) in [5, 5.41) is 22.4. The van der Waals surface area contributed by atoms with Crippen molar-refractivity contribution >= 4 is 29.4 Å². The zero-order valence-corrected chi connectivity index (χ0v) is 16.2. The second-order valence-corrected chi connectivity index (χ2v) is 7.01. The van der Waals surface area contributed by atoms with E-state index in [1.807, 2.05) is 61.2 Å². The molecule has 0 radical (unpaired) electrons. The zero-order valence-electron chi connectivity index (χ0n) is 16.2. The van der Waals surface area contributed by atoms with E-state index in [2.05, 4.69) is 26.0 Å². The summed E-state index contributed by atoms with van der Waals surface area (Å²) >= 11 is 0. The Labute approximate surface area is 164 Å². The Morgan fingerprint density at radius 1 is 1.18 bits per heavy atom. The van der Waals surface area contributed by atoms with Crippen LogP contribution in [0.3, 0.4) is 0 Å². The first-order chi connectivity index (χ1) is 13.7. The van der Waals surface area contributed by atoms with Crippen LogP contribution in [0.2, 0.25) is 0 Å². The van der Waals surface area contributed by atoms with E-state index < -0.39 is 0 Å². The summed E-state index contributed by atoms with van der Waals surface area (Å²) < 4.78 is 1.81. The van der Waals surface area contributed by atoms with Gasteiger partial charge in [0.2, 0.25) is 0 Å². The number of hydrogen-bond acceptors (Lipinski definition) is 6. The predicted molar refractivity (Wildman–Crippen MR) is 115 cm³/mol. The summed E-state index contributed by atoms with van der Waals surface area (Å²) in [5.74, 6) is 2.23. The molecule has 3 aromatic rings. The Bertz CT molecular complexity index is 974. The van der Waals surface area contributed by atoms with Crippen LogP contribution in [0.5, 0.6) is 0 Å². The van der Waals surface area contributed by atoms with Crippen LogP contribution in [0.1, 0.15) is 24.8 Å². The molecule has 1 aromatic carbocycles. The van der Waals surface area contributed by atoms with Crippen LogP contribution in [-0.4, -0.2) is 34.1 Å². The van der Waals surface area contributed by atoms with Gasteiger partial charge < -0.3 is 21.4 Å². The maximum absolute atomic E-state index is 7.79. The van der Waals surface area contributed by atoms with Gasteiger partial charge in [-0.05, 0) is 19.3 Å². The largest absolute Gasteiger partial charge is 0.382 e. The van der Waals surface area contributed by atoms with Gasteiger partial charge in [-0.25, -0.2) is 4.98 Å². The number of benzene rings is 1. The number of rotatable bonds is 7. The minimum atomic E-state index is 0.472. The van der Waals surface area contributed by atoms with Crippen molar-refractivity contribution in [2.24, 2.45) is 7.05 Å². The molecular formula is C21H25N7. The van der Waals surface area contributed by atoms with E-state index in [1.54, 1.807) is 0 Å². The molecule has 2 aromatic heterocycles. The first kappa shape index (κ1) is 18.0. The van der Waals surface area contributed by atoms with Crippen LogP contribution < -0.4 is 16.0 Å². The molecule has 1 aliphatic rings. The number of pyridine rings is 1. The van der Waals surface area contributed by atoms with Crippen molar-refractivity contribution in [3.8, 4) is 11.3 Å². The molecule has 1 saturated carbocycles. The zero-order chi connectivity index (χ0) is 19.5. The summed E-state index contributed by atoms with van der Waals surface area (Å²) in [6.07, 6.45) is 4.93. The van der Waals surface area contributed by atoms with E-state index in [1.165, 1.54) is 25.5 Å². The number of nitrogens with zero attached hydrogens (tertiary/aromatic N) is 3. The fourth-order valence-electron chi connectivity index (χ4n) is 3.31. The van der Waals surface area contributed by atoms with Gasteiger partial charge in [0.25, 0.3) is 0 Å². The first-order valence-electron chi connectivity index (χ1n) is 9.54. The van der Waals surface area contributed by atoms with Crippen LogP contribution in [0.15, 0.2) is 42.5 Å². The Morgan fingerprint density at radius 2 is 1.96 bits per heavy atom. The molecule has 7 heteroatoms. The summed E-state index contributed by atoms with van der Waals surface area (Å²) in [4.78, 5) is 4.64. The van der Waals surface area contributed by atoms with E-state index in [-0.39, 0.29) is 0 Å². The summed E-state index contributed by atoms with van der Waals surface area (Å²) in [7, 11) is 3.73. The maximum atomic E-state index is 7.79. The van der Waals surface area contributed by atoms with Crippen molar-refractivity contribution in [3.05, 3.63) is 48.0 Å². The van der Waals surface area contributed by atoms with E-state index in [0.29, 0.717) is 17.7 Å². The molecule has 0 amide bonds. The average Bonchev–Trinajstić information content (AvgIpc) is 3.05. The third kappa shape index (κ3) is 3.55. The fraction of sp³-hybridized carbons (Fsp3) is 0.286. The molecule has 4 N–H and O–H groups in total. The molecule has 28 heavy (non-hydrogen) atoms. The molecule has 7 nitrogen and oxygen atoms in total. The topological polar surface area (TPSA) is 90.7 Å². The van der Waals surface area contributed by atoms with Gasteiger partial charge in [0.15, 0.2) is 0 Å². The van der Waals surface area contributed by atoms with Crippen LogP contribution in [0.25, 0.3) is 11.3 Å². The van der Waals surface area contributed by atoms with Crippen molar-refractivity contribution in [2.75, 3.05) is 23.0 Å². The molecule has 0 spiro atoms. The smallest absolute Gasteiger partial charge is 0.139 e. The van der Waals surface area contributed by atoms with Crippen molar-refractivity contribution < 1.29 is 0 Å². The van der Waals surface area contributed by atoms with Crippen molar-refractivity contribution in [2.45, 2.75) is 25.3 Å². The highest BCUT2D eigenvalue weighted by Gasteiger charge is 2.20. The number of aryl methyl sites for hydroxylation is 1. The quantitative estimate of drug-likeness (QED) is 0.464. The Kier molecular flexibility index (Phi) is 4.97. The van der Waals surface area contributed by atoms with Crippen molar-refractivity contribution in [3.63, 3.8) is 0 Å². The third-order valence-electron chi connectivity index (χ3n) is 5.11. The predicted octanol–water partition coefficient (Wildman–Crippen LogP) is 4.23. The molecule has 0 saturated heterocycles. The fourth-order valence-corrected chi connectivity index (χ4v) is 3.31. The normalized spacial score (nSPS) is 13.6. The minimum Gasteiger partial charge on any atom is -0.382 e. The second-order valence-electron chi connectivity index (χ2n) is 7.01. The minimum absolute atomic E-state index is 0.472. The van der Waals surface area contributed by atoms with E-state index in [0.717, 1.165) is 28.3 Å².